The van der Waals surface area contributed by atoms with Gasteiger partial charge in [-0.15, -0.1) is 11.3 Å². The van der Waals surface area contributed by atoms with E-state index in [1.54, 1.807) is 18.4 Å². The molecular weight excluding hydrogens is 282 g/mol. The number of allylic oxidation sites excluding steroid dienone is 4. The first-order valence-electron chi connectivity index (χ1n) is 6.82. The van der Waals surface area contributed by atoms with Gasteiger partial charge in [-0.05, 0) is 37.1 Å². The molecule has 2 N–H and O–H groups in total. The van der Waals surface area contributed by atoms with Crippen LogP contribution in [0.5, 0.6) is 0 Å². The second-order valence-corrected chi connectivity index (χ2v) is 5.62. The van der Waals surface area contributed by atoms with Crippen molar-refractivity contribution in [2.24, 2.45) is 0 Å². The first kappa shape index (κ1) is 15.4. The summed E-state index contributed by atoms with van der Waals surface area (Å²) in [6.45, 7) is 4.03. The molecule has 0 saturated heterocycles. The van der Waals surface area contributed by atoms with Gasteiger partial charge in [-0.1, -0.05) is 24.3 Å². The highest BCUT2D eigenvalue weighted by Crippen LogP contribution is 2.27. The number of hydrazine groups is 1. The number of hydrogen-bond donors (Lipinski definition) is 2. The van der Waals surface area contributed by atoms with Crippen LogP contribution in [-0.2, 0) is 11.2 Å². The van der Waals surface area contributed by atoms with E-state index in [4.69, 9.17) is 0 Å². The average molecular weight is 301 g/mol. The molecule has 0 radical (unpaired) electrons. The molecule has 2 aromatic rings. The highest BCUT2D eigenvalue weighted by Gasteiger charge is 2.09. The predicted octanol–water partition coefficient (Wildman–Crippen LogP) is 3.07. The van der Waals surface area contributed by atoms with E-state index in [0.717, 1.165) is 20.8 Å². The van der Waals surface area contributed by atoms with Gasteiger partial charge in [0.2, 0.25) is 5.91 Å². The molecule has 2 rings (SSSR count). The summed E-state index contributed by atoms with van der Waals surface area (Å²) in [6.07, 6.45) is 6.49. The van der Waals surface area contributed by atoms with Gasteiger partial charge in [0.25, 0.3) is 0 Å². The van der Waals surface area contributed by atoms with Gasteiger partial charge in [-0.25, -0.2) is 10.4 Å². The monoisotopic (exact) mass is 301 g/mol. The van der Waals surface area contributed by atoms with Crippen LogP contribution in [0.2, 0.25) is 0 Å². The van der Waals surface area contributed by atoms with E-state index in [0.29, 0.717) is 6.42 Å². The number of nitrogens with zero attached hydrogens (tertiary/aromatic N) is 1. The number of thiazole rings is 1. The van der Waals surface area contributed by atoms with Gasteiger partial charge < -0.3 is 0 Å². The number of amides is 1. The fourth-order valence-corrected chi connectivity index (χ4v) is 3.09. The van der Waals surface area contributed by atoms with Crippen molar-refractivity contribution >= 4 is 33.0 Å². The number of hydrogen-bond acceptors (Lipinski definition) is 4. The van der Waals surface area contributed by atoms with Crippen molar-refractivity contribution < 1.29 is 4.79 Å². The lowest BCUT2D eigenvalue weighted by Crippen LogP contribution is -2.35. The molecule has 1 amide bonds. The molecule has 0 aliphatic carbocycles. The Labute approximate surface area is 128 Å². The Balaban J connectivity index is 2.30. The summed E-state index contributed by atoms with van der Waals surface area (Å²) in [5.41, 5.74) is 8.47. The summed E-state index contributed by atoms with van der Waals surface area (Å²) < 4.78 is 1.10. The SMILES string of the molecule is C/C=C\C(=C/C)c1ccc2nc(CC(=O)NNC)sc2c1. The van der Waals surface area contributed by atoms with Crippen LogP contribution in [0.15, 0.2) is 36.4 Å². The molecule has 0 aliphatic heterocycles. The topological polar surface area (TPSA) is 54.0 Å². The van der Waals surface area contributed by atoms with E-state index in [2.05, 4.69) is 40.1 Å². The minimum absolute atomic E-state index is 0.0835. The summed E-state index contributed by atoms with van der Waals surface area (Å²) in [4.78, 5) is 16.1. The third-order valence-electron chi connectivity index (χ3n) is 3.00. The molecule has 21 heavy (non-hydrogen) atoms. The second-order valence-electron chi connectivity index (χ2n) is 4.51. The highest BCUT2D eigenvalue weighted by atomic mass is 32.1. The summed E-state index contributed by atoms with van der Waals surface area (Å²) in [7, 11) is 1.67. The normalized spacial score (nSPS) is 12.2. The third kappa shape index (κ3) is 3.77. The van der Waals surface area contributed by atoms with Crippen LogP contribution in [-0.4, -0.2) is 17.9 Å². The molecule has 1 aromatic heterocycles. The molecule has 1 heterocycles. The number of carbonyl (C=O) groups is 1. The molecule has 110 valence electrons. The number of nitrogens with one attached hydrogen (secondary N) is 2. The van der Waals surface area contributed by atoms with Crippen LogP contribution in [0.3, 0.4) is 0 Å². The number of fused-ring (bicyclic) bond motifs is 1. The summed E-state index contributed by atoms with van der Waals surface area (Å²) in [5.74, 6) is -0.0835. The fourth-order valence-electron chi connectivity index (χ4n) is 2.09. The minimum Gasteiger partial charge on any atom is -0.291 e. The van der Waals surface area contributed by atoms with Crippen LogP contribution < -0.4 is 10.9 Å². The van der Waals surface area contributed by atoms with Gasteiger partial charge >= 0.3 is 0 Å². The largest absolute Gasteiger partial charge is 0.291 e. The molecular formula is C16H19N3OS. The summed E-state index contributed by atoms with van der Waals surface area (Å²) in [5, 5.41) is 0.822. The van der Waals surface area contributed by atoms with E-state index < -0.39 is 0 Å². The Kier molecular flexibility index (Phi) is 5.25. The van der Waals surface area contributed by atoms with Crippen molar-refractivity contribution in [3.05, 3.63) is 47.0 Å². The second kappa shape index (κ2) is 7.15. The van der Waals surface area contributed by atoms with Crippen LogP contribution in [0.25, 0.3) is 15.8 Å². The Hall–Kier alpha value is -1.98. The lowest BCUT2D eigenvalue weighted by atomic mass is 10.1. The summed E-state index contributed by atoms with van der Waals surface area (Å²) >= 11 is 1.56. The molecule has 0 spiro atoms. The maximum atomic E-state index is 11.6. The van der Waals surface area contributed by atoms with E-state index in [-0.39, 0.29) is 5.91 Å². The molecule has 1 aromatic carbocycles. The molecule has 4 nitrogen and oxygen atoms in total. The maximum Gasteiger partial charge on any atom is 0.240 e. The average Bonchev–Trinajstić information content (AvgIpc) is 2.85. The molecule has 0 fully saturated rings. The quantitative estimate of drug-likeness (QED) is 0.659. The Morgan fingerprint density at radius 2 is 2.19 bits per heavy atom. The lowest BCUT2D eigenvalue weighted by Gasteiger charge is -2.01. The third-order valence-corrected chi connectivity index (χ3v) is 4.02. The van der Waals surface area contributed by atoms with E-state index in [1.807, 2.05) is 26.0 Å². The van der Waals surface area contributed by atoms with E-state index in [9.17, 15) is 4.79 Å². The molecule has 0 unspecified atom stereocenters. The summed E-state index contributed by atoms with van der Waals surface area (Å²) in [6, 6.07) is 6.20. The molecule has 0 bridgehead atoms. The molecule has 0 aliphatic rings. The highest BCUT2D eigenvalue weighted by molar-refractivity contribution is 7.18. The first-order chi connectivity index (χ1) is 10.2. The zero-order chi connectivity index (χ0) is 15.2. The van der Waals surface area contributed by atoms with Crippen LogP contribution >= 0.6 is 11.3 Å². The van der Waals surface area contributed by atoms with Gasteiger partial charge in [0.15, 0.2) is 0 Å². The van der Waals surface area contributed by atoms with E-state index >= 15 is 0 Å². The van der Waals surface area contributed by atoms with Crippen molar-refractivity contribution in [3.63, 3.8) is 0 Å². The van der Waals surface area contributed by atoms with Gasteiger partial charge in [0.1, 0.15) is 5.01 Å². The number of benzene rings is 1. The van der Waals surface area contributed by atoms with Gasteiger partial charge in [-0.2, -0.15) is 0 Å². The van der Waals surface area contributed by atoms with Crippen molar-refractivity contribution in [3.8, 4) is 0 Å². The van der Waals surface area contributed by atoms with Crippen LogP contribution in [0, 0.1) is 0 Å². The fraction of sp³-hybridized carbons (Fsp3) is 0.250. The Morgan fingerprint density at radius 1 is 1.38 bits per heavy atom. The van der Waals surface area contributed by atoms with Crippen LogP contribution in [0.4, 0.5) is 0 Å². The predicted molar refractivity (Wildman–Crippen MR) is 89.0 cm³/mol. The van der Waals surface area contributed by atoms with Gasteiger partial charge in [0, 0.05) is 7.05 Å². The van der Waals surface area contributed by atoms with Crippen molar-refractivity contribution in [1.82, 2.24) is 15.8 Å². The van der Waals surface area contributed by atoms with Crippen LogP contribution in [0.1, 0.15) is 24.4 Å². The maximum absolute atomic E-state index is 11.6. The standard InChI is InChI=1S/C16H19N3OS/c1-4-6-11(5-2)12-7-8-13-14(9-12)21-16(18-13)10-15(20)19-17-3/h4-9,17H,10H2,1-3H3,(H,19,20)/b6-4-,11-5+. The van der Waals surface area contributed by atoms with Gasteiger partial charge in [-0.3, -0.25) is 10.2 Å². The first-order valence-corrected chi connectivity index (χ1v) is 7.64. The smallest absolute Gasteiger partial charge is 0.240 e. The van der Waals surface area contributed by atoms with E-state index in [1.165, 1.54) is 5.57 Å². The Morgan fingerprint density at radius 3 is 2.86 bits per heavy atom. The molecule has 0 atom stereocenters. The number of rotatable bonds is 5. The van der Waals surface area contributed by atoms with Crippen molar-refractivity contribution in [2.75, 3.05) is 7.05 Å². The molecule has 5 heteroatoms. The molecule has 0 saturated carbocycles. The number of carbonyl (C=O) groups excluding carboxylic acids is 1. The zero-order valence-electron chi connectivity index (χ0n) is 12.4. The lowest BCUT2D eigenvalue weighted by molar-refractivity contribution is -0.121. The minimum atomic E-state index is -0.0835. The van der Waals surface area contributed by atoms with Crippen molar-refractivity contribution in [2.45, 2.75) is 20.3 Å². The Bertz CT molecular complexity index is 701. The number of aromatic nitrogens is 1. The van der Waals surface area contributed by atoms with Gasteiger partial charge in [0.05, 0.1) is 16.6 Å². The zero-order valence-corrected chi connectivity index (χ0v) is 13.3. The van der Waals surface area contributed by atoms with Crippen molar-refractivity contribution in [1.29, 1.82) is 0 Å².